The van der Waals surface area contributed by atoms with Crippen LogP contribution < -0.4 is 0 Å². The van der Waals surface area contributed by atoms with Crippen LogP contribution in [0.4, 0.5) is 0 Å². The summed E-state index contributed by atoms with van der Waals surface area (Å²) in [5.41, 5.74) is 1.71. The summed E-state index contributed by atoms with van der Waals surface area (Å²) >= 11 is 0. The third kappa shape index (κ3) is 4.16. The Morgan fingerprint density at radius 2 is 2.21 bits per heavy atom. The van der Waals surface area contributed by atoms with Crippen molar-refractivity contribution in [1.82, 2.24) is 15.1 Å². The first-order valence-corrected chi connectivity index (χ1v) is 9.17. The van der Waals surface area contributed by atoms with E-state index in [0.717, 1.165) is 63.3 Å². The highest BCUT2D eigenvalue weighted by Gasteiger charge is 2.31. The molecular formula is C18H29N3O3. The minimum absolute atomic E-state index is 0.0835. The molecule has 0 aromatic carbocycles. The molecule has 1 atom stereocenters. The molecule has 0 bridgehead atoms. The molecule has 0 radical (unpaired) electrons. The highest BCUT2D eigenvalue weighted by atomic mass is 16.5. The maximum absolute atomic E-state index is 12.9. The molecule has 1 amide bonds. The topological polar surface area (TPSA) is 67.5 Å². The smallest absolute Gasteiger partial charge is 0.257 e. The number of hydrogen-bond acceptors (Lipinski definition) is 4. The summed E-state index contributed by atoms with van der Waals surface area (Å²) < 4.78 is 11.3. The van der Waals surface area contributed by atoms with E-state index in [2.05, 4.69) is 24.0 Å². The van der Waals surface area contributed by atoms with Crippen LogP contribution in [0.3, 0.4) is 0 Å². The number of nitrogens with zero attached hydrogens (tertiary/aromatic N) is 2. The van der Waals surface area contributed by atoms with E-state index in [9.17, 15) is 4.79 Å². The summed E-state index contributed by atoms with van der Waals surface area (Å²) in [5.74, 6) is 1.08. The van der Waals surface area contributed by atoms with E-state index in [-0.39, 0.29) is 12.0 Å². The van der Waals surface area contributed by atoms with Gasteiger partial charge in [0, 0.05) is 38.8 Å². The van der Waals surface area contributed by atoms with Gasteiger partial charge in [-0.3, -0.25) is 9.89 Å². The fourth-order valence-corrected chi connectivity index (χ4v) is 3.45. The van der Waals surface area contributed by atoms with Crippen molar-refractivity contribution in [1.29, 1.82) is 0 Å². The van der Waals surface area contributed by atoms with Crippen LogP contribution in [-0.2, 0) is 9.47 Å². The fourth-order valence-electron chi connectivity index (χ4n) is 3.45. The quantitative estimate of drug-likeness (QED) is 0.868. The Balaban J connectivity index is 1.56. The predicted octanol–water partition coefficient (Wildman–Crippen LogP) is 2.58. The third-order valence-corrected chi connectivity index (χ3v) is 5.01. The molecule has 1 aromatic rings. The van der Waals surface area contributed by atoms with Crippen LogP contribution in [0.2, 0.25) is 0 Å². The Labute approximate surface area is 143 Å². The monoisotopic (exact) mass is 335 g/mol. The molecule has 1 aromatic heterocycles. The Morgan fingerprint density at radius 3 is 2.96 bits per heavy atom. The zero-order chi connectivity index (χ0) is 16.9. The third-order valence-electron chi connectivity index (χ3n) is 5.01. The molecule has 6 nitrogen and oxygen atoms in total. The van der Waals surface area contributed by atoms with Gasteiger partial charge in [0.25, 0.3) is 5.91 Å². The van der Waals surface area contributed by atoms with E-state index in [0.29, 0.717) is 18.4 Å². The van der Waals surface area contributed by atoms with Gasteiger partial charge in [0.2, 0.25) is 0 Å². The second kappa shape index (κ2) is 8.12. The van der Waals surface area contributed by atoms with E-state index in [1.807, 2.05) is 4.90 Å². The van der Waals surface area contributed by atoms with Crippen molar-refractivity contribution < 1.29 is 14.3 Å². The second-order valence-corrected chi connectivity index (χ2v) is 7.30. The van der Waals surface area contributed by atoms with Crippen LogP contribution in [0.15, 0.2) is 6.20 Å². The lowest BCUT2D eigenvalue weighted by molar-refractivity contribution is 0.0483. The van der Waals surface area contributed by atoms with Gasteiger partial charge in [0.05, 0.1) is 23.6 Å². The molecule has 1 N–H and O–H groups in total. The Hall–Kier alpha value is -1.40. The molecule has 0 spiro atoms. The van der Waals surface area contributed by atoms with Gasteiger partial charge < -0.3 is 14.4 Å². The van der Waals surface area contributed by atoms with E-state index in [4.69, 9.17) is 9.47 Å². The summed E-state index contributed by atoms with van der Waals surface area (Å²) in [5, 5.41) is 7.19. The van der Waals surface area contributed by atoms with Gasteiger partial charge in [-0.05, 0) is 31.6 Å². The van der Waals surface area contributed by atoms with Crippen LogP contribution in [0, 0.1) is 5.92 Å². The number of aromatic nitrogens is 2. The molecule has 24 heavy (non-hydrogen) atoms. The molecule has 2 aliphatic heterocycles. The summed E-state index contributed by atoms with van der Waals surface area (Å²) in [7, 11) is 0. The van der Waals surface area contributed by atoms with Crippen molar-refractivity contribution in [3.63, 3.8) is 0 Å². The molecule has 3 rings (SSSR count). The fraction of sp³-hybridized carbons (Fsp3) is 0.778. The summed E-state index contributed by atoms with van der Waals surface area (Å²) in [6.07, 6.45) is 5.74. The number of rotatable bonds is 6. The standard InChI is InChI=1S/C18H29N3O3/c1-13(2)4-10-24-15-3-7-21(12-15)18(22)16-11-19-20-17(16)14-5-8-23-9-6-14/h11,13-15H,3-10,12H2,1-2H3,(H,19,20). The van der Waals surface area contributed by atoms with Crippen LogP contribution in [-0.4, -0.2) is 60.0 Å². The largest absolute Gasteiger partial charge is 0.381 e. The SMILES string of the molecule is CC(C)CCOC1CCN(C(=O)c2cn[nH]c2C2CCOCC2)C1. The molecule has 3 heterocycles. The lowest BCUT2D eigenvalue weighted by atomic mass is 9.93. The normalized spacial score (nSPS) is 22.5. The van der Waals surface area contributed by atoms with Crippen molar-refractivity contribution in [2.24, 2.45) is 5.92 Å². The number of ether oxygens (including phenoxy) is 2. The highest BCUT2D eigenvalue weighted by molar-refractivity contribution is 5.95. The van der Waals surface area contributed by atoms with Crippen molar-refractivity contribution in [3.05, 3.63) is 17.5 Å². The van der Waals surface area contributed by atoms with Crippen molar-refractivity contribution in [2.75, 3.05) is 32.9 Å². The van der Waals surface area contributed by atoms with E-state index in [1.165, 1.54) is 0 Å². The lowest BCUT2D eigenvalue weighted by Gasteiger charge is -2.23. The summed E-state index contributed by atoms with van der Waals surface area (Å²) in [6, 6.07) is 0. The number of hydrogen-bond donors (Lipinski definition) is 1. The number of carbonyl (C=O) groups excluding carboxylic acids is 1. The van der Waals surface area contributed by atoms with Gasteiger partial charge in [-0.1, -0.05) is 13.8 Å². The maximum atomic E-state index is 12.9. The first kappa shape index (κ1) is 17.4. The molecule has 0 aliphatic carbocycles. The zero-order valence-electron chi connectivity index (χ0n) is 14.8. The molecular weight excluding hydrogens is 306 g/mol. The number of aromatic amines is 1. The van der Waals surface area contributed by atoms with Crippen molar-refractivity contribution in [3.8, 4) is 0 Å². The number of likely N-dealkylation sites (tertiary alicyclic amines) is 1. The van der Waals surface area contributed by atoms with Crippen LogP contribution in [0.5, 0.6) is 0 Å². The van der Waals surface area contributed by atoms with Gasteiger partial charge in [0.15, 0.2) is 0 Å². The van der Waals surface area contributed by atoms with Crippen LogP contribution in [0.25, 0.3) is 0 Å². The number of H-pyrrole nitrogens is 1. The van der Waals surface area contributed by atoms with Gasteiger partial charge in [0.1, 0.15) is 0 Å². The van der Waals surface area contributed by atoms with Gasteiger partial charge >= 0.3 is 0 Å². The average Bonchev–Trinajstić information content (AvgIpc) is 3.24. The van der Waals surface area contributed by atoms with Gasteiger partial charge in [-0.15, -0.1) is 0 Å². The predicted molar refractivity (Wildman–Crippen MR) is 91.1 cm³/mol. The maximum Gasteiger partial charge on any atom is 0.257 e. The molecule has 1 unspecified atom stereocenters. The first-order valence-electron chi connectivity index (χ1n) is 9.17. The number of carbonyl (C=O) groups is 1. The van der Waals surface area contributed by atoms with Crippen molar-refractivity contribution >= 4 is 5.91 Å². The van der Waals surface area contributed by atoms with Crippen molar-refractivity contribution in [2.45, 2.75) is 51.6 Å². The molecule has 2 aliphatic rings. The second-order valence-electron chi connectivity index (χ2n) is 7.30. The minimum atomic E-state index is 0.0835. The van der Waals surface area contributed by atoms with E-state index in [1.54, 1.807) is 6.20 Å². The van der Waals surface area contributed by atoms with Gasteiger partial charge in [-0.2, -0.15) is 5.10 Å². The Bertz CT molecular complexity index is 537. The molecule has 2 fully saturated rings. The van der Waals surface area contributed by atoms with E-state index >= 15 is 0 Å². The molecule has 134 valence electrons. The van der Waals surface area contributed by atoms with Crippen LogP contribution >= 0.6 is 0 Å². The zero-order valence-corrected chi connectivity index (χ0v) is 14.8. The molecule has 2 saturated heterocycles. The average molecular weight is 335 g/mol. The molecule has 6 heteroatoms. The first-order chi connectivity index (χ1) is 11.6. The Kier molecular flexibility index (Phi) is 5.89. The van der Waals surface area contributed by atoms with Gasteiger partial charge in [-0.25, -0.2) is 0 Å². The lowest BCUT2D eigenvalue weighted by Crippen LogP contribution is -2.31. The summed E-state index contributed by atoms with van der Waals surface area (Å²) in [6.45, 7) is 8.15. The highest BCUT2D eigenvalue weighted by Crippen LogP contribution is 2.29. The minimum Gasteiger partial charge on any atom is -0.381 e. The molecule has 0 saturated carbocycles. The number of nitrogens with one attached hydrogen (secondary N) is 1. The van der Waals surface area contributed by atoms with E-state index < -0.39 is 0 Å². The summed E-state index contributed by atoms with van der Waals surface area (Å²) in [4.78, 5) is 14.8. The van der Waals surface area contributed by atoms with Crippen LogP contribution in [0.1, 0.15) is 61.5 Å². The Morgan fingerprint density at radius 1 is 1.42 bits per heavy atom. The number of amides is 1.